The molecule has 0 aliphatic carbocycles. The maximum atomic E-state index is 0. The van der Waals surface area contributed by atoms with Crippen LogP contribution in [0.25, 0.3) is 0 Å². The minimum absolute atomic E-state index is 0. The maximum absolute atomic E-state index is 0. The van der Waals surface area contributed by atoms with E-state index in [9.17, 15) is 0 Å². The Labute approximate surface area is 105 Å². The first kappa shape index (κ1) is 25.6. The van der Waals surface area contributed by atoms with Gasteiger partial charge < -0.3 is 0 Å². The van der Waals surface area contributed by atoms with Crippen LogP contribution in [-0.4, -0.2) is 108 Å². The first-order valence-corrected chi connectivity index (χ1v) is 0. The zero-order chi connectivity index (χ0) is 0. The molecule has 8 valence electrons. The van der Waals surface area contributed by atoms with Crippen LogP contribution >= 0.6 is 0 Å². The molecule has 0 amide bonds. The van der Waals surface area contributed by atoms with Crippen LogP contribution in [0.3, 0.4) is 0 Å². The average molecular weight is 79.9 g/mol. The molecule has 0 heterocycles. The Kier molecular flexibility index (Phi) is 102. The fourth-order valence-electron chi connectivity index (χ4n) is 0. The molecule has 0 atom stereocenters. The average Bonchev–Trinajstić information content (AvgIpc) is 0. The van der Waals surface area contributed by atoms with Crippen LogP contribution in [0.4, 0.5) is 0 Å². The SMILES string of the molecule is [LiH].[NaH].[NaH].[NaH]. The Morgan fingerprint density at radius 1 is 0.500 bits per heavy atom. The molecular formula is H4LiNa3. The molecule has 0 nitrogen and oxygen atoms in total. The quantitative estimate of drug-likeness (QED) is 0.280. The summed E-state index contributed by atoms with van der Waals surface area (Å²) < 4.78 is 0. The molecule has 0 rings (SSSR count). The van der Waals surface area contributed by atoms with Gasteiger partial charge in [0.25, 0.3) is 0 Å². The van der Waals surface area contributed by atoms with Crippen molar-refractivity contribution in [2.45, 2.75) is 0 Å². The zero-order valence-corrected chi connectivity index (χ0v) is 0. The van der Waals surface area contributed by atoms with Crippen LogP contribution in [0.2, 0.25) is 0 Å². The van der Waals surface area contributed by atoms with Crippen LogP contribution in [-0.2, 0) is 0 Å². The van der Waals surface area contributed by atoms with Crippen LogP contribution < -0.4 is 0 Å². The van der Waals surface area contributed by atoms with Gasteiger partial charge in [0.1, 0.15) is 0 Å². The third kappa shape index (κ3) is 9.14. The van der Waals surface area contributed by atoms with E-state index in [0.717, 1.165) is 0 Å². The summed E-state index contributed by atoms with van der Waals surface area (Å²) in [6.07, 6.45) is 0. The first-order chi connectivity index (χ1) is 0. The Bertz CT molecular complexity index is 3.25. The normalized spacial score (nSPS) is 0. The van der Waals surface area contributed by atoms with Gasteiger partial charge in [-0.05, 0) is 0 Å². The monoisotopic (exact) mass is 80.0 g/mol. The number of hydrogen-bond acceptors (Lipinski definition) is 0. The Balaban J connectivity index is 0. The molecule has 0 fully saturated rings. The molecule has 0 aromatic heterocycles. The van der Waals surface area contributed by atoms with Gasteiger partial charge in [-0.25, -0.2) is 0 Å². The molecule has 0 radical (unpaired) electrons. The van der Waals surface area contributed by atoms with Crippen molar-refractivity contribution >= 4 is 108 Å². The van der Waals surface area contributed by atoms with E-state index in [0.29, 0.717) is 0 Å². The summed E-state index contributed by atoms with van der Waals surface area (Å²) in [6, 6.07) is 0. The zero-order valence-electron chi connectivity index (χ0n) is 0. The van der Waals surface area contributed by atoms with Crippen LogP contribution in [0.1, 0.15) is 0 Å². The molecule has 0 aliphatic rings. The second-order valence-corrected chi connectivity index (χ2v) is 0. The summed E-state index contributed by atoms with van der Waals surface area (Å²) in [5.74, 6) is 0. The first-order valence-electron chi connectivity index (χ1n) is 0. The van der Waals surface area contributed by atoms with E-state index in [-0.39, 0.29) is 108 Å². The summed E-state index contributed by atoms with van der Waals surface area (Å²) in [4.78, 5) is 0. The van der Waals surface area contributed by atoms with Crippen molar-refractivity contribution in [1.29, 1.82) is 0 Å². The van der Waals surface area contributed by atoms with E-state index in [1.165, 1.54) is 0 Å². The van der Waals surface area contributed by atoms with Crippen LogP contribution in [0.5, 0.6) is 0 Å². The van der Waals surface area contributed by atoms with Gasteiger partial charge in [-0.2, -0.15) is 0 Å². The van der Waals surface area contributed by atoms with Crippen molar-refractivity contribution in [3.8, 4) is 0 Å². The van der Waals surface area contributed by atoms with Gasteiger partial charge in [-0.15, -0.1) is 0 Å². The van der Waals surface area contributed by atoms with E-state index in [2.05, 4.69) is 0 Å². The molecule has 0 bridgehead atoms. The Morgan fingerprint density at radius 2 is 0.500 bits per heavy atom. The van der Waals surface area contributed by atoms with Gasteiger partial charge in [0, 0.05) is 0 Å². The summed E-state index contributed by atoms with van der Waals surface area (Å²) in [5.41, 5.74) is 0. The van der Waals surface area contributed by atoms with Gasteiger partial charge in [-0.1, -0.05) is 0 Å². The van der Waals surface area contributed by atoms with Crippen molar-refractivity contribution in [3.05, 3.63) is 0 Å². The predicted octanol–water partition coefficient (Wildman–Crippen LogP) is -2.59. The summed E-state index contributed by atoms with van der Waals surface area (Å²) in [7, 11) is 0. The van der Waals surface area contributed by atoms with Crippen molar-refractivity contribution < 1.29 is 0 Å². The molecule has 4 heavy (non-hydrogen) atoms. The standard InChI is InChI=1S/Li.3Na.4H. The molecule has 0 aromatic carbocycles. The van der Waals surface area contributed by atoms with Crippen molar-refractivity contribution in [1.82, 2.24) is 0 Å². The molecule has 0 unspecified atom stereocenters. The summed E-state index contributed by atoms with van der Waals surface area (Å²) >= 11 is 0. The fourth-order valence-corrected chi connectivity index (χ4v) is 0. The molecule has 0 aliphatic heterocycles. The fraction of sp³-hybridized carbons (Fsp3) is 0. The minimum atomic E-state index is 0. The van der Waals surface area contributed by atoms with E-state index in [1.54, 1.807) is 0 Å². The molecule has 0 saturated carbocycles. The van der Waals surface area contributed by atoms with Crippen molar-refractivity contribution in [2.24, 2.45) is 0 Å². The molecule has 0 aromatic rings. The van der Waals surface area contributed by atoms with E-state index < -0.39 is 0 Å². The van der Waals surface area contributed by atoms with E-state index in [1.807, 2.05) is 0 Å². The molecular weight excluding hydrogens is 75.9 g/mol. The van der Waals surface area contributed by atoms with Crippen molar-refractivity contribution in [2.75, 3.05) is 0 Å². The Morgan fingerprint density at radius 3 is 0.500 bits per heavy atom. The summed E-state index contributed by atoms with van der Waals surface area (Å²) in [5, 5.41) is 0. The second-order valence-electron chi connectivity index (χ2n) is 0. The van der Waals surface area contributed by atoms with Gasteiger partial charge in [0.15, 0.2) is 0 Å². The van der Waals surface area contributed by atoms with Gasteiger partial charge in [0.05, 0.1) is 0 Å². The van der Waals surface area contributed by atoms with E-state index in [4.69, 9.17) is 0 Å². The van der Waals surface area contributed by atoms with Crippen molar-refractivity contribution in [3.63, 3.8) is 0 Å². The van der Waals surface area contributed by atoms with Gasteiger partial charge >= 0.3 is 108 Å². The molecule has 0 spiro atoms. The second kappa shape index (κ2) is 16.0. The molecule has 4 heteroatoms. The number of rotatable bonds is 0. The molecule has 0 N–H and O–H groups in total. The predicted molar refractivity (Wildman–Crippen MR) is 28.6 cm³/mol. The molecule has 0 saturated heterocycles. The Hall–Kier alpha value is 3.60. The third-order valence-electron chi connectivity index (χ3n) is 0. The van der Waals surface area contributed by atoms with E-state index >= 15 is 0 Å². The van der Waals surface area contributed by atoms with Crippen LogP contribution in [0, 0.1) is 0 Å². The van der Waals surface area contributed by atoms with Gasteiger partial charge in [0.2, 0.25) is 0 Å². The van der Waals surface area contributed by atoms with Gasteiger partial charge in [-0.3, -0.25) is 0 Å². The summed E-state index contributed by atoms with van der Waals surface area (Å²) in [6.45, 7) is 0. The van der Waals surface area contributed by atoms with Crippen LogP contribution in [0.15, 0.2) is 0 Å². The topological polar surface area (TPSA) is 0 Å². The third-order valence-corrected chi connectivity index (χ3v) is 0. The number of hydrogen-bond donors (Lipinski definition) is 0.